The van der Waals surface area contributed by atoms with Gasteiger partial charge in [-0.3, -0.25) is 14.4 Å². The minimum absolute atomic E-state index is 0.125. The van der Waals surface area contributed by atoms with Gasteiger partial charge in [-0.05, 0) is 77.0 Å². The third-order valence-corrected chi connectivity index (χ3v) is 9.31. The van der Waals surface area contributed by atoms with E-state index in [4.69, 9.17) is 14.2 Å². The zero-order valence-electron chi connectivity index (χ0n) is 39.1. The van der Waals surface area contributed by atoms with Gasteiger partial charge in [0.25, 0.3) is 0 Å². The summed E-state index contributed by atoms with van der Waals surface area (Å²) in [6.45, 7) is 6.23. The van der Waals surface area contributed by atoms with Gasteiger partial charge in [-0.25, -0.2) is 0 Å². The number of ether oxygens (including phenoxy) is 3. The summed E-state index contributed by atoms with van der Waals surface area (Å²) in [5, 5.41) is 0. The predicted molar refractivity (Wildman–Crippen MR) is 265 cm³/mol. The zero-order valence-corrected chi connectivity index (χ0v) is 39.1. The first kappa shape index (κ1) is 57.3. The highest BCUT2D eigenvalue weighted by Gasteiger charge is 2.19. The van der Waals surface area contributed by atoms with Crippen LogP contribution in [0.4, 0.5) is 0 Å². The fraction of sp³-hybridized carbons (Fsp3) is 0.518. The maximum absolute atomic E-state index is 12.7. The Labute approximate surface area is 378 Å². The van der Waals surface area contributed by atoms with Gasteiger partial charge in [0.1, 0.15) is 13.2 Å². The van der Waals surface area contributed by atoms with Crippen LogP contribution in [0.5, 0.6) is 0 Å². The predicted octanol–water partition coefficient (Wildman–Crippen LogP) is 15.7. The van der Waals surface area contributed by atoms with E-state index in [9.17, 15) is 14.4 Å². The van der Waals surface area contributed by atoms with Gasteiger partial charge in [0, 0.05) is 19.3 Å². The maximum atomic E-state index is 12.7. The van der Waals surface area contributed by atoms with E-state index in [1.54, 1.807) is 0 Å². The number of allylic oxidation sites excluding steroid dienone is 24. The summed E-state index contributed by atoms with van der Waals surface area (Å²) in [7, 11) is 0. The lowest BCUT2D eigenvalue weighted by Crippen LogP contribution is -2.30. The van der Waals surface area contributed by atoms with Crippen LogP contribution < -0.4 is 0 Å². The highest BCUT2D eigenvalue weighted by molar-refractivity contribution is 5.71. The molecule has 0 saturated heterocycles. The molecule has 0 amide bonds. The molecule has 0 aromatic rings. The van der Waals surface area contributed by atoms with E-state index >= 15 is 0 Å². The van der Waals surface area contributed by atoms with Gasteiger partial charge < -0.3 is 14.2 Å². The fourth-order valence-corrected chi connectivity index (χ4v) is 5.70. The highest BCUT2D eigenvalue weighted by Crippen LogP contribution is 2.11. The molecule has 6 nitrogen and oxygen atoms in total. The van der Waals surface area contributed by atoms with Crippen LogP contribution in [0.1, 0.15) is 168 Å². The van der Waals surface area contributed by atoms with E-state index in [-0.39, 0.29) is 37.5 Å². The lowest BCUT2D eigenvalue weighted by atomic mass is 10.1. The Bertz CT molecular complexity index is 1440. The van der Waals surface area contributed by atoms with E-state index in [1.165, 1.54) is 19.3 Å². The van der Waals surface area contributed by atoms with Crippen molar-refractivity contribution in [3.63, 3.8) is 0 Å². The van der Waals surface area contributed by atoms with E-state index < -0.39 is 6.10 Å². The van der Waals surface area contributed by atoms with Gasteiger partial charge in [-0.15, -0.1) is 0 Å². The molecule has 0 aliphatic heterocycles. The molecule has 6 heteroatoms. The van der Waals surface area contributed by atoms with Crippen LogP contribution in [0.3, 0.4) is 0 Å². The van der Waals surface area contributed by atoms with Crippen molar-refractivity contribution in [2.24, 2.45) is 0 Å². The second kappa shape index (κ2) is 49.0. The average Bonchev–Trinajstić information content (AvgIpc) is 3.27. The molecular formula is C56H84O6. The first-order valence-corrected chi connectivity index (χ1v) is 24.0. The molecule has 0 radical (unpaired) electrons. The Balaban J connectivity index is 4.58. The summed E-state index contributed by atoms with van der Waals surface area (Å²) in [6, 6.07) is 0. The number of rotatable bonds is 40. The topological polar surface area (TPSA) is 78.9 Å². The summed E-state index contributed by atoms with van der Waals surface area (Å²) in [5.41, 5.74) is 0. The van der Waals surface area contributed by atoms with E-state index in [2.05, 4.69) is 81.5 Å². The van der Waals surface area contributed by atoms with Crippen LogP contribution in [0, 0.1) is 0 Å². The Morgan fingerprint density at radius 2 is 0.661 bits per heavy atom. The molecule has 1 unspecified atom stereocenters. The Morgan fingerprint density at radius 3 is 1.08 bits per heavy atom. The van der Waals surface area contributed by atoms with E-state index in [0.717, 1.165) is 103 Å². The van der Waals surface area contributed by atoms with Crippen LogP contribution in [0.2, 0.25) is 0 Å². The SMILES string of the molecule is CC\C=C/C=C\C=C/C=C\C=C/CCCCCC(=O)OC(COC(=O)CCCCC/C=C\C=C/CCCC)COC(=O)CCCCCCC\C=C/C=C\C=C/C=C\C=C/CCC. The standard InChI is InChI=1S/C56H84O6/c1-4-7-10-13-16-19-22-24-26-27-28-30-31-34-37-40-43-46-49-55(58)61-52-53(51-60-54(57)48-45-42-39-36-33-21-18-15-12-9-6-3)62-56(59)50-47-44-41-38-35-32-29-25-23-20-17-14-11-8-5-2/h8,10-11,13-30,32-33,35,53H,4-7,9,12,31,34,36-52H2,1-3H3/b11-8-,13-10-,17-14-,18-15-,19-16-,23-20-,24-22-,27-26-,29-25-,30-28-,33-21-,35-32-. The largest absolute Gasteiger partial charge is 0.462 e. The number of unbranched alkanes of at least 4 members (excludes halogenated alkanes) is 14. The second-order valence-corrected chi connectivity index (χ2v) is 15.2. The number of carbonyl (C=O) groups is 3. The highest BCUT2D eigenvalue weighted by atomic mass is 16.6. The fourth-order valence-electron chi connectivity index (χ4n) is 5.70. The first-order valence-electron chi connectivity index (χ1n) is 24.0. The van der Waals surface area contributed by atoms with Crippen molar-refractivity contribution < 1.29 is 28.6 Å². The molecule has 0 bridgehead atoms. The lowest BCUT2D eigenvalue weighted by molar-refractivity contribution is -0.167. The first-order chi connectivity index (χ1) is 30.5. The molecule has 0 rings (SSSR count). The van der Waals surface area contributed by atoms with Crippen LogP contribution in [0.25, 0.3) is 0 Å². The number of esters is 3. The smallest absolute Gasteiger partial charge is 0.306 e. The number of hydrogen-bond acceptors (Lipinski definition) is 6. The summed E-state index contributed by atoms with van der Waals surface area (Å²) >= 11 is 0. The molecule has 0 saturated carbocycles. The molecule has 62 heavy (non-hydrogen) atoms. The van der Waals surface area contributed by atoms with Crippen molar-refractivity contribution in [2.75, 3.05) is 13.2 Å². The zero-order chi connectivity index (χ0) is 45.1. The molecular weight excluding hydrogens is 769 g/mol. The molecule has 0 fully saturated rings. The van der Waals surface area contributed by atoms with E-state index in [1.807, 2.05) is 85.1 Å². The van der Waals surface area contributed by atoms with E-state index in [0.29, 0.717) is 19.3 Å². The van der Waals surface area contributed by atoms with Crippen LogP contribution in [-0.4, -0.2) is 37.2 Å². The summed E-state index contributed by atoms with van der Waals surface area (Å²) in [5.74, 6) is -1.03. The van der Waals surface area contributed by atoms with Crippen LogP contribution >= 0.6 is 0 Å². The maximum Gasteiger partial charge on any atom is 0.306 e. The van der Waals surface area contributed by atoms with Gasteiger partial charge in [0.2, 0.25) is 0 Å². The molecule has 0 aromatic carbocycles. The van der Waals surface area contributed by atoms with Crippen molar-refractivity contribution in [1.29, 1.82) is 0 Å². The molecule has 344 valence electrons. The average molecular weight is 853 g/mol. The van der Waals surface area contributed by atoms with Gasteiger partial charge in [0.05, 0.1) is 0 Å². The third-order valence-electron chi connectivity index (χ3n) is 9.31. The van der Waals surface area contributed by atoms with Crippen molar-refractivity contribution in [3.8, 4) is 0 Å². The molecule has 0 heterocycles. The molecule has 0 spiro atoms. The van der Waals surface area contributed by atoms with Crippen molar-refractivity contribution in [1.82, 2.24) is 0 Å². The van der Waals surface area contributed by atoms with Gasteiger partial charge in [-0.1, -0.05) is 218 Å². The second-order valence-electron chi connectivity index (χ2n) is 15.2. The summed E-state index contributed by atoms with van der Waals surface area (Å²) in [6.07, 6.45) is 69.6. The molecule has 0 aromatic heterocycles. The van der Waals surface area contributed by atoms with Gasteiger partial charge in [0.15, 0.2) is 6.10 Å². The Morgan fingerprint density at radius 1 is 0.339 bits per heavy atom. The molecule has 1 atom stereocenters. The van der Waals surface area contributed by atoms with Crippen molar-refractivity contribution >= 4 is 17.9 Å². The van der Waals surface area contributed by atoms with Crippen molar-refractivity contribution in [3.05, 3.63) is 146 Å². The molecule has 0 aliphatic carbocycles. The third kappa shape index (κ3) is 46.4. The minimum Gasteiger partial charge on any atom is -0.462 e. The Kier molecular flexibility index (Phi) is 45.2. The van der Waals surface area contributed by atoms with Crippen molar-refractivity contribution in [2.45, 2.75) is 175 Å². The number of hydrogen-bond donors (Lipinski definition) is 0. The van der Waals surface area contributed by atoms with Crippen LogP contribution in [0.15, 0.2) is 146 Å². The monoisotopic (exact) mass is 853 g/mol. The quantitative estimate of drug-likeness (QED) is 0.0264. The van der Waals surface area contributed by atoms with Gasteiger partial charge >= 0.3 is 17.9 Å². The number of carbonyl (C=O) groups excluding carboxylic acids is 3. The lowest BCUT2D eigenvalue weighted by Gasteiger charge is -2.18. The normalized spacial score (nSPS) is 13.4. The summed E-state index contributed by atoms with van der Waals surface area (Å²) < 4.78 is 16.7. The molecule has 0 N–H and O–H groups in total. The minimum atomic E-state index is -0.827. The molecule has 0 aliphatic rings. The van der Waals surface area contributed by atoms with Gasteiger partial charge in [-0.2, -0.15) is 0 Å². The summed E-state index contributed by atoms with van der Waals surface area (Å²) in [4.78, 5) is 37.9. The Hall–Kier alpha value is -4.71. The van der Waals surface area contributed by atoms with Crippen LogP contribution in [-0.2, 0) is 28.6 Å².